The molecule has 0 unspecified atom stereocenters. The van der Waals surface area contributed by atoms with Crippen LogP contribution < -0.4 is 4.74 Å². The Kier molecular flexibility index (Phi) is 4.53. The fraction of sp³-hybridized carbons (Fsp3) is 0.688. The van der Waals surface area contributed by atoms with Crippen molar-refractivity contribution in [2.75, 3.05) is 32.8 Å². The molecule has 110 valence electrons. The van der Waals surface area contributed by atoms with Gasteiger partial charge < -0.3 is 14.4 Å². The Hall–Kier alpha value is -1.13. The van der Waals surface area contributed by atoms with E-state index in [-0.39, 0.29) is 0 Å². The number of pyridine rings is 1. The van der Waals surface area contributed by atoms with Crippen LogP contribution in [0.5, 0.6) is 5.88 Å². The van der Waals surface area contributed by atoms with Gasteiger partial charge in [-0.2, -0.15) is 0 Å². The molecule has 2 aliphatic heterocycles. The van der Waals surface area contributed by atoms with Crippen LogP contribution in [0.15, 0.2) is 18.3 Å². The zero-order valence-electron chi connectivity index (χ0n) is 12.3. The molecule has 0 saturated carbocycles. The Morgan fingerprint density at radius 3 is 2.80 bits per heavy atom. The first-order valence-electron chi connectivity index (χ1n) is 7.69. The van der Waals surface area contributed by atoms with Crippen molar-refractivity contribution < 1.29 is 9.47 Å². The molecule has 0 spiro atoms. The summed E-state index contributed by atoms with van der Waals surface area (Å²) in [6.07, 6.45) is 5.61. The van der Waals surface area contributed by atoms with Crippen LogP contribution >= 0.6 is 0 Å². The Bertz CT molecular complexity index is 407. The molecule has 3 heterocycles. The molecule has 20 heavy (non-hydrogen) atoms. The first-order valence-corrected chi connectivity index (χ1v) is 7.69. The fourth-order valence-electron chi connectivity index (χ4n) is 3.00. The quantitative estimate of drug-likeness (QED) is 0.845. The van der Waals surface area contributed by atoms with Crippen molar-refractivity contribution in [2.24, 2.45) is 5.92 Å². The van der Waals surface area contributed by atoms with E-state index in [4.69, 9.17) is 9.47 Å². The van der Waals surface area contributed by atoms with E-state index in [1.54, 1.807) is 0 Å². The van der Waals surface area contributed by atoms with E-state index in [1.807, 2.05) is 19.2 Å². The molecule has 3 rings (SSSR count). The number of nitrogens with zero attached hydrogens (tertiary/aromatic N) is 2. The number of likely N-dealkylation sites (tertiary alicyclic amines) is 1. The first-order chi connectivity index (χ1) is 9.79. The van der Waals surface area contributed by atoms with Crippen LogP contribution in [-0.4, -0.2) is 48.8 Å². The summed E-state index contributed by atoms with van der Waals surface area (Å²) < 4.78 is 11.4. The fourth-order valence-corrected chi connectivity index (χ4v) is 3.00. The minimum atomic E-state index is 0.321. The molecule has 2 saturated heterocycles. The number of piperidine rings is 1. The van der Waals surface area contributed by atoms with Gasteiger partial charge in [0.25, 0.3) is 0 Å². The summed E-state index contributed by atoms with van der Waals surface area (Å²) in [5.41, 5.74) is 1.17. The van der Waals surface area contributed by atoms with Gasteiger partial charge in [0.05, 0.1) is 6.61 Å². The third kappa shape index (κ3) is 3.70. The highest BCUT2D eigenvalue weighted by molar-refractivity contribution is 5.16. The van der Waals surface area contributed by atoms with E-state index in [1.165, 1.54) is 18.5 Å². The summed E-state index contributed by atoms with van der Waals surface area (Å²) >= 11 is 0. The van der Waals surface area contributed by atoms with Gasteiger partial charge in [-0.1, -0.05) is 6.07 Å². The Morgan fingerprint density at radius 2 is 2.15 bits per heavy atom. The number of hydrogen-bond donors (Lipinski definition) is 0. The van der Waals surface area contributed by atoms with Crippen LogP contribution in [0.1, 0.15) is 24.8 Å². The minimum Gasteiger partial charge on any atom is -0.474 e. The average Bonchev–Trinajstić information content (AvgIpc) is 2.96. The second-order valence-corrected chi connectivity index (χ2v) is 6.02. The maximum Gasteiger partial charge on any atom is 0.213 e. The maximum absolute atomic E-state index is 5.97. The van der Waals surface area contributed by atoms with E-state index in [0.717, 1.165) is 50.9 Å². The van der Waals surface area contributed by atoms with Crippen molar-refractivity contribution in [1.82, 2.24) is 9.88 Å². The molecular weight excluding hydrogens is 252 g/mol. The van der Waals surface area contributed by atoms with Gasteiger partial charge in [-0.15, -0.1) is 0 Å². The highest BCUT2D eigenvalue weighted by Crippen LogP contribution is 2.20. The lowest BCUT2D eigenvalue weighted by Crippen LogP contribution is -2.40. The summed E-state index contributed by atoms with van der Waals surface area (Å²) in [6.45, 7) is 7.39. The van der Waals surface area contributed by atoms with E-state index in [9.17, 15) is 0 Å². The summed E-state index contributed by atoms with van der Waals surface area (Å²) in [6, 6.07) is 4.02. The number of rotatable bonds is 4. The molecule has 0 radical (unpaired) electrons. The highest BCUT2D eigenvalue weighted by atomic mass is 16.5. The van der Waals surface area contributed by atoms with Crippen LogP contribution in [0.3, 0.4) is 0 Å². The summed E-state index contributed by atoms with van der Waals surface area (Å²) in [7, 11) is 0. The van der Waals surface area contributed by atoms with Gasteiger partial charge >= 0.3 is 0 Å². The van der Waals surface area contributed by atoms with E-state index in [0.29, 0.717) is 6.10 Å². The standard InChI is InChI=1S/C16H24N2O2/c1-13-2-3-16(17-10-13)20-15-4-7-18(8-5-15)11-14-6-9-19-12-14/h2-3,10,14-15H,4-9,11-12H2,1H3/t14-/m1/s1. The van der Waals surface area contributed by atoms with Gasteiger partial charge in [-0.3, -0.25) is 0 Å². The molecule has 1 aromatic heterocycles. The molecule has 2 fully saturated rings. The summed E-state index contributed by atoms with van der Waals surface area (Å²) in [5.74, 6) is 1.50. The number of hydrogen-bond acceptors (Lipinski definition) is 4. The number of ether oxygens (including phenoxy) is 2. The second kappa shape index (κ2) is 6.55. The van der Waals surface area contributed by atoms with Crippen LogP contribution in [0.25, 0.3) is 0 Å². The lowest BCUT2D eigenvalue weighted by molar-refractivity contribution is 0.0850. The van der Waals surface area contributed by atoms with Crippen LogP contribution in [0, 0.1) is 12.8 Å². The van der Waals surface area contributed by atoms with Gasteiger partial charge in [0.15, 0.2) is 0 Å². The van der Waals surface area contributed by atoms with Gasteiger partial charge in [-0.05, 0) is 37.7 Å². The minimum absolute atomic E-state index is 0.321. The van der Waals surface area contributed by atoms with E-state index in [2.05, 4.69) is 16.0 Å². The average molecular weight is 276 g/mol. The molecular formula is C16H24N2O2. The molecule has 0 bridgehead atoms. The second-order valence-electron chi connectivity index (χ2n) is 6.02. The molecule has 0 aliphatic carbocycles. The maximum atomic E-state index is 5.97. The Morgan fingerprint density at radius 1 is 1.30 bits per heavy atom. The topological polar surface area (TPSA) is 34.6 Å². The van der Waals surface area contributed by atoms with Crippen LogP contribution in [0.2, 0.25) is 0 Å². The zero-order valence-corrected chi connectivity index (χ0v) is 12.3. The molecule has 0 amide bonds. The first kappa shape index (κ1) is 13.8. The van der Waals surface area contributed by atoms with Crippen LogP contribution in [-0.2, 0) is 4.74 Å². The summed E-state index contributed by atoms with van der Waals surface area (Å²) in [4.78, 5) is 6.88. The Balaban J connectivity index is 1.42. The van der Waals surface area contributed by atoms with Crippen molar-refractivity contribution in [2.45, 2.75) is 32.3 Å². The molecule has 1 atom stereocenters. The number of aryl methyl sites for hydroxylation is 1. The van der Waals surface area contributed by atoms with Crippen molar-refractivity contribution >= 4 is 0 Å². The van der Waals surface area contributed by atoms with Crippen molar-refractivity contribution in [3.8, 4) is 5.88 Å². The highest BCUT2D eigenvalue weighted by Gasteiger charge is 2.24. The smallest absolute Gasteiger partial charge is 0.213 e. The van der Waals surface area contributed by atoms with E-state index < -0.39 is 0 Å². The lowest BCUT2D eigenvalue weighted by atomic mass is 10.0. The zero-order chi connectivity index (χ0) is 13.8. The normalized spacial score (nSPS) is 24.9. The van der Waals surface area contributed by atoms with Gasteiger partial charge in [-0.25, -0.2) is 4.98 Å². The predicted octanol–water partition coefficient (Wildman–Crippen LogP) is 2.27. The largest absolute Gasteiger partial charge is 0.474 e. The van der Waals surface area contributed by atoms with Crippen molar-refractivity contribution in [3.63, 3.8) is 0 Å². The molecule has 4 nitrogen and oxygen atoms in total. The monoisotopic (exact) mass is 276 g/mol. The third-order valence-electron chi connectivity index (χ3n) is 4.25. The van der Waals surface area contributed by atoms with Gasteiger partial charge in [0.2, 0.25) is 5.88 Å². The predicted molar refractivity (Wildman–Crippen MR) is 78.0 cm³/mol. The molecule has 4 heteroatoms. The van der Waals surface area contributed by atoms with E-state index >= 15 is 0 Å². The SMILES string of the molecule is Cc1ccc(OC2CCN(C[C@H]3CCOC3)CC2)nc1. The van der Waals surface area contributed by atoms with Crippen molar-refractivity contribution in [1.29, 1.82) is 0 Å². The van der Waals surface area contributed by atoms with Crippen molar-refractivity contribution in [3.05, 3.63) is 23.9 Å². The lowest BCUT2D eigenvalue weighted by Gasteiger charge is -2.33. The van der Waals surface area contributed by atoms with Gasteiger partial charge in [0.1, 0.15) is 6.10 Å². The third-order valence-corrected chi connectivity index (χ3v) is 4.25. The number of aromatic nitrogens is 1. The van der Waals surface area contributed by atoms with Crippen LogP contribution in [0.4, 0.5) is 0 Å². The van der Waals surface area contributed by atoms with Gasteiger partial charge in [0, 0.05) is 38.5 Å². The molecule has 0 aromatic carbocycles. The molecule has 2 aliphatic rings. The molecule has 1 aromatic rings. The Labute approximate surface area is 121 Å². The molecule has 0 N–H and O–H groups in total. The summed E-state index contributed by atoms with van der Waals surface area (Å²) in [5, 5.41) is 0.